The SMILES string of the molecule is CNc1nc(C)nc(NCCCCn2ccnc2)c1C. The lowest BCUT2D eigenvalue weighted by Gasteiger charge is -2.12. The van der Waals surface area contributed by atoms with Crippen LogP contribution in [0.25, 0.3) is 0 Å². The van der Waals surface area contributed by atoms with Gasteiger partial charge in [-0.15, -0.1) is 0 Å². The van der Waals surface area contributed by atoms with Gasteiger partial charge in [-0.05, 0) is 26.7 Å². The molecule has 0 aliphatic carbocycles. The van der Waals surface area contributed by atoms with Crippen molar-refractivity contribution in [1.29, 1.82) is 0 Å². The second-order valence-corrected chi connectivity index (χ2v) is 4.78. The summed E-state index contributed by atoms with van der Waals surface area (Å²) in [6.45, 7) is 5.85. The van der Waals surface area contributed by atoms with Crippen LogP contribution in [0.1, 0.15) is 24.2 Å². The normalized spacial score (nSPS) is 10.6. The summed E-state index contributed by atoms with van der Waals surface area (Å²) in [6, 6.07) is 0. The first-order valence-electron chi connectivity index (χ1n) is 6.93. The summed E-state index contributed by atoms with van der Waals surface area (Å²) >= 11 is 0. The van der Waals surface area contributed by atoms with Crippen molar-refractivity contribution in [3.8, 4) is 0 Å². The minimum Gasteiger partial charge on any atom is -0.373 e. The van der Waals surface area contributed by atoms with Gasteiger partial charge in [0.2, 0.25) is 0 Å². The van der Waals surface area contributed by atoms with E-state index in [1.54, 1.807) is 0 Å². The van der Waals surface area contributed by atoms with Crippen LogP contribution in [0.4, 0.5) is 11.6 Å². The first-order valence-corrected chi connectivity index (χ1v) is 6.93. The molecule has 0 aromatic carbocycles. The number of unbranched alkanes of at least 4 members (excludes halogenated alkanes) is 1. The molecule has 2 rings (SSSR count). The third kappa shape index (κ3) is 3.69. The van der Waals surface area contributed by atoms with Crippen LogP contribution in [0.15, 0.2) is 18.7 Å². The van der Waals surface area contributed by atoms with E-state index in [9.17, 15) is 0 Å². The Morgan fingerprint density at radius 1 is 1.15 bits per heavy atom. The minimum atomic E-state index is 0.779. The predicted molar refractivity (Wildman–Crippen MR) is 81.0 cm³/mol. The van der Waals surface area contributed by atoms with E-state index in [0.717, 1.165) is 49.0 Å². The van der Waals surface area contributed by atoms with Crippen molar-refractivity contribution in [2.45, 2.75) is 33.2 Å². The molecular formula is C14H22N6. The average Bonchev–Trinajstić information content (AvgIpc) is 2.95. The lowest BCUT2D eigenvalue weighted by atomic mass is 10.2. The van der Waals surface area contributed by atoms with Crippen molar-refractivity contribution in [3.05, 3.63) is 30.1 Å². The van der Waals surface area contributed by atoms with Gasteiger partial charge in [0, 0.05) is 38.1 Å². The number of nitrogens with one attached hydrogen (secondary N) is 2. The number of hydrogen-bond acceptors (Lipinski definition) is 5. The summed E-state index contributed by atoms with van der Waals surface area (Å²) in [5.41, 5.74) is 1.06. The molecule has 0 bridgehead atoms. The van der Waals surface area contributed by atoms with E-state index in [-0.39, 0.29) is 0 Å². The zero-order chi connectivity index (χ0) is 14.4. The summed E-state index contributed by atoms with van der Waals surface area (Å²) < 4.78 is 2.10. The summed E-state index contributed by atoms with van der Waals surface area (Å²) in [6.07, 6.45) is 7.86. The van der Waals surface area contributed by atoms with Gasteiger partial charge in [-0.1, -0.05) is 0 Å². The van der Waals surface area contributed by atoms with Crippen LogP contribution in [-0.2, 0) is 6.54 Å². The van der Waals surface area contributed by atoms with Crippen molar-refractivity contribution in [1.82, 2.24) is 19.5 Å². The lowest BCUT2D eigenvalue weighted by Crippen LogP contribution is -2.10. The van der Waals surface area contributed by atoms with Crippen LogP contribution < -0.4 is 10.6 Å². The number of anilines is 2. The third-order valence-electron chi connectivity index (χ3n) is 3.19. The maximum atomic E-state index is 4.45. The first kappa shape index (κ1) is 14.3. The largest absolute Gasteiger partial charge is 0.373 e. The molecule has 0 unspecified atom stereocenters. The summed E-state index contributed by atoms with van der Waals surface area (Å²) in [7, 11) is 1.88. The van der Waals surface area contributed by atoms with Gasteiger partial charge in [0.05, 0.1) is 6.33 Å². The third-order valence-corrected chi connectivity index (χ3v) is 3.19. The Kier molecular flexibility index (Phi) is 4.92. The van der Waals surface area contributed by atoms with Gasteiger partial charge in [0.25, 0.3) is 0 Å². The van der Waals surface area contributed by atoms with Crippen LogP contribution in [0.2, 0.25) is 0 Å². The van der Waals surface area contributed by atoms with Crippen LogP contribution in [0.5, 0.6) is 0 Å². The van der Waals surface area contributed by atoms with Gasteiger partial charge in [0.15, 0.2) is 0 Å². The Labute approximate surface area is 119 Å². The molecule has 108 valence electrons. The molecule has 6 heteroatoms. The fourth-order valence-corrected chi connectivity index (χ4v) is 2.09. The van der Waals surface area contributed by atoms with Gasteiger partial charge in [-0.25, -0.2) is 15.0 Å². The smallest absolute Gasteiger partial charge is 0.134 e. The first-order chi connectivity index (χ1) is 9.70. The van der Waals surface area contributed by atoms with Gasteiger partial charge in [0.1, 0.15) is 17.5 Å². The number of aromatic nitrogens is 4. The minimum absolute atomic E-state index is 0.779. The Morgan fingerprint density at radius 3 is 2.65 bits per heavy atom. The maximum Gasteiger partial charge on any atom is 0.134 e. The Morgan fingerprint density at radius 2 is 1.95 bits per heavy atom. The fourth-order valence-electron chi connectivity index (χ4n) is 2.09. The van der Waals surface area contributed by atoms with E-state index >= 15 is 0 Å². The standard InChI is InChI=1S/C14H22N6/c1-11-13(15-3)18-12(2)19-14(11)17-6-4-5-8-20-9-7-16-10-20/h7,9-10H,4-6,8H2,1-3H3,(H2,15,17,18,19). The average molecular weight is 274 g/mol. The second-order valence-electron chi connectivity index (χ2n) is 4.78. The zero-order valence-corrected chi connectivity index (χ0v) is 12.3. The van der Waals surface area contributed by atoms with Crippen LogP contribution in [-0.4, -0.2) is 33.1 Å². The van der Waals surface area contributed by atoms with Crippen LogP contribution >= 0.6 is 0 Å². The summed E-state index contributed by atoms with van der Waals surface area (Å²) in [5.74, 6) is 2.59. The van der Waals surface area contributed by atoms with Crippen LogP contribution in [0.3, 0.4) is 0 Å². The van der Waals surface area contributed by atoms with Crippen molar-refractivity contribution in [3.63, 3.8) is 0 Å². The second kappa shape index (κ2) is 6.88. The van der Waals surface area contributed by atoms with E-state index in [1.807, 2.05) is 39.6 Å². The molecule has 0 aliphatic heterocycles. The molecule has 20 heavy (non-hydrogen) atoms. The highest BCUT2D eigenvalue weighted by Crippen LogP contribution is 2.19. The van der Waals surface area contributed by atoms with Gasteiger partial charge < -0.3 is 15.2 Å². The number of rotatable bonds is 7. The molecule has 0 saturated carbocycles. The van der Waals surface area contributed by atoms with E-state index in [0.29, 0.717) is 0 Å². The summed E-state index contributed by atoms with van der Waals surface area (Å²) in [5, 5.41) is 6.49. The molecule has 2 aromatic rings. The quantitative estimate of drug-likeness (QED) is 0.758. The highest BCUT2D eigenvalue weighted by atomic mass is 15.1. The molecular weight excluding hydrogens is 252 g/mol. The van der Waals surface area contributed by atoms with E-state index in [4.69, 9.17) is 0 Å². The number of nitrogens with zero attached hydrogens (tertiary/aromatic N) is 4. The molecule has 0 spiro atoms. The highest BCUT2D eigenvalue weighted by molar-refractivity contribution is 5.56. The molecule has 2 N–H and O–H groups in total. The maximum absolute atomic E-state index is 4.45. The molecule has 2 aromatic heterocycles. The van der Waals surface area contributed by atoms with E-state index in [2.05, 4.69) is 30.2 Å². The monoisotopic (exact) mass is 274 g/mol. The number of hydrogen-bond donors (Lipinski definition) is 2. The van der Waals surface area contributed by atoms with Crippen LogP contribution in [0, 0.1) is 13.8 Å². The Bertz CT molecular complexity index is 535. The van der Waals surface area contributed by atoms with Gasteiger partial charge in [-0.2, -0.15) is 0 Å². The molecule has 0 saturated heterocycles. The Hall–Kier alpha value is -2.11. The molecule has 0 atom stereocenters. The fraction of sp³-hybridized carbons (Fsp3) is 0.500. The van der Waals surface area contributed by atoms with Crippen molar-refractivity contribution < 1.29 is 0 Å². The van der Waals surface area contributed by atoms with Gasteiger partial charge >= 0.3 is 0 Å². The molecule has 0 fully saturated rings. The number of imidazole rings is 1. The molecule has 2 heterocycles. The molecule has 6 nitrogen and oxygen atoms in total. The highest BCUT2D eigenvalue weighted by Gasteiger charge is 2.07. The van der Waals surface area contributed by atoms with Crippen molar-refractivity contribution in [2.75, 3.05) is 24.2 Å². The van der Waals surface area contributed by atoms with Crippen molar-refractivity contribution in [2.24, 2.45) is 0 Å². The van der Waals surface area contributed by atoms with Gasteiger partial charge in [-0.3, -0.25) is 0 Å². The molecule has 0 aliphatic rings. The van der Waals surface area contributed by atoms with E-state index in [1.165, 1.54) is 0 Å². The summed E-state index contributed by atoms with van der Waals surface area (Å²) in [4.78, 5) is 12.8. The predicted octanol–water partition coefficient (Wildman–Crippen LogP) is 2.22. The zero-order valence-electron chi connectivity index (χ0n) is 12.3. The van der Waals surface area contributed by atoms with Crippen molar-refractivity contribution >= 4 is 11.6 Å². The molecule has 0 amide bonds. The molecule has 0 radical (unpaired) electrons. The Balaban J connectivity index is 1.80. The number of aryl methyl sites for hydroxylation is 2. The van der Waals surface area contributed by atoms with E-state index < -0.39 is 0 Å². The lowest BCUT2D eigenvalue weighted by molar-refractivity contribution is 0.620. The topological polar surface area (TPSA) is 67.7 Å².